The molecule has 1 aromatic carbocycles. The lowest BCUT2D eigenvalue weighted by Crippen LogP contribution is -3.12. The first-order chi connectivity index (χ1) is 12.3. The molecule has 2 aliphatic heterocycles. The first-order valence-corrected chi connectivity index (χ1v) is 10.1. The van der Waals surface area contributed by atoms with Crippen molar-refractivity contribution < 1.29 is 14.4 Å². The number of amides is 1. The molecule has 4 nitrogen and oxygen atoms in total. The summed E-state index contributed by atoms with van der Waals surface area (Å²) in [5.41, 5.74) is 1.27. The van der Waals surface area contributed by atoms with Crippen LogP contribution < -0.4 is 9.64 Å². The molecule has 0 spiro atoms. The third-order valence-corrected chi connectivity index (χ3v) is 5.60. The van der Waals surface area contributed by atoms with E-state index in [2.05, 4.69) is 23.1 Å². The van der Waals surface area contributed by atoms with Gasteiger partial charge in [0.1, 0.15) is 12.3 Å². The quantitative estimate of drug-likeness (QED) is 0.888. The maximum atomic E-state index is 13.0. The summed E-state index contributed by atoms with van der Waals surface area (Å²) in [7, 11) is 0. The van der Waals surface area contributed by atoms with Crippen molar-refractivity contribution in [2.75, 3.05) is 32.8 Å². The summed E-state index contributed by atoms with van der Waals surface area (Å²) in [5.74, 6) is 1.62. The second-order valence-corrected chi connectivity index (χ2v) is 7.50. The molecule has 0 aliphatic carbocycles. The Labute approximate surface area is 152 Å². The van der Waals surface area contributed by atoms with Gasteiger partial charge in [-0.05, 0) is 44.7 Å². The minimum atomic E-state index is 0.209. The van der Waals surface area contributed by atoms with Crippen molar-refractivity contribution in [3.8, 4) is 5.75 Å². The highest BCUT2D eigenvalue weighted by Gasteiger charge is 2.32. The highest BCUT2D eigenvalue weighted by Crippen LogP contribution is 2.19. The molecule has 25 heavy (non-hydrogen) atoms. The molecule has 2 aliphatic rings. The maximum Gasteiger partial charge on any atom is 0.231 e. The van der Waals surface area contributed by atoms with Crippen LogP contribution in [0.2, 0.25) is 0 Å². The lowest BCUT2D eigenvalue weighted by Gasteiger charge is -2.32. The third kappa shape index (κ3) is 4.97. The van der Waals surface area contributed by atoms with Gasteiger partial charge >= 0.3 is 0 Å². The van der Waals surface area contributed by atoms with Crippen LogP contribution in [0.3, 0.4) is 0 Å². The number of piperidine rings is 1. The smallest absolute Gasteiger partial charge is 0.231 e. The number of hydrogen-bond donors (Lipinski definition) is 1. The maximum absolute atomic E-state index is 13.0. The van der Waals surface area contributed by atoms with E-state index in [4.69, 9.17) is 4.74 Å². The van der Waals surface area contributed by atoms with Crippen molar-refractivity contribution in [2.24, 2.45) is 5.92 Å². The van der Waals surface area contributed by atoms with Crippen molar-refractivity contribution >= 4 is 5.91 Å². The summed E-state index contributed by atoms with van der Waals surface area (Å²) in [6.45, 7) is 7.75. The Morgan fingerprint density at radius 3 is 2.68 bits per heavy atom. The Morgan fingerprint density at radius 1 is 1.16 bits per heavy atom. The third-order valence-electron chi connectivity index (χ3n) is 5.60. The van der Waals surface area contributed by atoms with Crippen LogP contribution in [0.5, 0.6) is 5.75 Å². The molecular formula is C21H33N2O2+. The highest BCUT2D eigenvalue weighted by molar-refractivity contribution is 5.79. The number of likely N-dealkylation sites (tertiary alicyclic amines) is 2. The van der Waals surface area contributed by atoms with Crippen LogP contribution in [-0.2, 0) is 11.3 Å². The molecular weight excluding hydrogens is 312 g/mol. The highest BCUT2D eigenvalue weighted by atomic mass is 16.5. The fraction of sp³-hybridized carbons (Fsp3) is 0.667. The second kappa shape index (κ2) is 9.23. The van der Waals surface area contributed by atoms with E-state index in [1.165, 1.54) is 36.1 Å². The lowest BCUT2D eigenvalue weighted by molar-refractivity contribution is -0.921. The number of hydrogen-bond acceptors (Lipinski definition) is 2. The zero-order valence-electron chi connectivity index (χ0n) is 15.6. The van der Waals surface area contributed by atoms with Crippen LogP contribution in [0.25, 0.3) is 0 Å². The fourth-order valence-corrected chi connectivity index (χ4v) is 4.29. The van der Waals surface area contributed by atoms with Gasteiger partial charge in [-0.1, -0.05) is 25.0 Å². The van der Waals surface area contributed by atoms with Gasteiger partial charge in [0.05, 0.1) is 25.6 Å². The first-order valence-electron chi connectivity index (χ1n) is 10.1. The van der Waals surface area contributed by atoms with E-state index >= 15 is 0 Å². The zero-order chi connectivity index (χ0) is 17.5. The summed E-state index contributed by atoms with van der Waals surface area (Å²) < 4.78 is 5.77. The van der Waals surface area contributed by atoms with Crippen molar-refractivity contribution in [3.63, 3.8) is 0 Å². The van der Waals surface area contributed by atoms with Gasteiger partial charge < -0.3 is 14.5 Å². The molecule has 0 radical (unpaired) electrons. The molecule has 1 aromatic rings. The van der Waals surface area contributed by atoms with E-state index < -0.39 is 0 Å². The van der Waals surface area contributed by atoms with Gasteiger partial charge in [0.15, 0.2) is 0 Å². The summed E-state index contributed by atoms with van der Waals surface area (Å²) in [4.78, 5) is 16.6. The number of nitrogens with one attached hydrogen (secondary N) is 1. The van der Waals surface area contributed by atoms with Crippen LogP contribution in [0.4, 0.5) is 0 Å². The number of carbonyl (C=O) groups excluding carboxylic acids is 1. The fourth-order valence-electron chi connectivity index (χ4n) is 4.29. The zero-order valence-corrected chi connectivity index (χ0v) is 15.6. The minimum absolute atomic E-state index is 0.209. The van der Waals surface area contributed by atoms with Crippen LogP contribution in [0.15, 0.2) is 24.3 Å². The van der Waals surface area contributed by atoms with E-state index in [9.17, 15) is 4.79 Å². The molecule has 4 heteroatoms. The number of benzene rings is 1. The molecule has 138 valence electrons. The molecule has 2 atom stereocenters. The van der Waals surface area contributed by atoms with Crippen molar-refractivity contribution in [1.82, 2.24) is 4.90 Å². The molecule has 0 aromatic heterocycles. The van der Waals surface area contributed by atoms with Crippen molar-refractivity contribution in [3.05, 3.63) is 29.8 Å². The van der Waals surface area contributed by atoms with Gasteiger partial charge in [-0.3, -0.25) is 4.79 Å². The summed E-state index contributed by atoms with van der Waals surface area (Å²) >= 11 is 0. The normalized spacial score (nSPS) is 24.6. The van der Waals surface area contributed by atoms with Crippen LogP contribution in [-0.4, -0.2) is 43.6 Å². The Hall–Kier alpha value is -1.55. The second-order valence-electron chi connectivity index (χ2n) is 7.50. The summed E-state index contributed by atoms with van der Waals surface area (Å²) in [5, 5.41) is 0. The average molecular weight is 346 g/mol. The molecule has 2 heterocycles. The molecule has 3 rings (SSSR count). The molecule has 0 bridgehead atoms. The van der Waals surface area contributed by atoms with Crippen LogP contribution in [0.1, 0.15) is 51.0 Å². The summed E-state index contributed by atoms with van der Waals surface area (Å²) in [6.07, 6.45) is 7.12. The van der Waals surface area contributed by atoms with Gasteiger partial charge in [0.25, 0.3) is 0 Å². The van der Waals surface area contributed by atoms with Gasteiger partial charge in [0.2, 0.25) is 5.91 Å². The standard InChI is InChI=1S/C21H32N2O2/c1-2-25-20-12-6-5-10-18(20)16-22-13-9-11-19(17-22)21(24)23-14-7-3-4-8-15-23/h5-6,10,12,19H,2-4,7-9,11,13-17H2,1H3/p+1. The lowest BCUT2D eigenvalue weighted by atomic mass is 9.95. The van der Waals surface area contributed by atoms with E-state index in [0.717, 1.165) is 51.3 Å². The number of quaternary nitrogens is 1. The Morgan fingerprint density at radius 2 is 1.92 bits per heavy atom. The van der Waals surface area contributed by atoms with Crippen LogP contribution in [0, 0.1) is 5.92 Å². The Bertz CT molecular complexity index is 553. The molecule has 0 saturated carbocycles. The van der Waals surface area contributed by atoms with E-state index in [1.807, 2.05) is 13.0 Å². The number of ether oxygens (including phenoxy) is 1. The van der Waals surface area contributed by atoms with Crippen LogP contribution >= 0.6 is 0 Å². The van der Waals surface area contributed by atoms with Gasteiger partial charge in [-0.2, -0.15) is 0 Å². The largest absolute Gasteiger partial charge is 0.493 e. The number of nitrogens with zero attached hydrogens (tertiary/aromatic N) is 1. The first kappa shape index (κ1) is 18.2. The number of para-hydroxylation sites is 1. The van der Waals surface area contributed by atoms with Gasteiger partial charge in [-0.15, -0.1) is 0 Å². The van der Waals surface area contributed by atoms with E-state index in [-0.39, 0.29) is 5.92 Å². The van der Waals surface area contributed by atoms with E-state index in [0.29, 0.717) is 12.5 Å². The van der Waals surface area contributed by atoms with E-state index in [1.54, 1.807) is 0 Å². The average Bonchev–Trinajstić information content (AvgIpc) is 2.93. The minimum Gasteiger partial charge on any atom is -0.493 e. The Kier molecular flexibility index (Phi) is 6.74. The molecule has 2 unspecified atom stereocenters. The number of carbonyl (C=O) groups is 1. The SMILES string of the molecule is CCOc1ccccc1C[NH+]1CCCC(C(=O)N2CCCCCC2)C1. The number of rotatable bonds is 5. The predicted octanol–water partition coefficient (Wildman–Crippen LogP) is 2.28. The van der Waals surface area contributed by atoms with Crippen molar-refractivity contribution in [2.45, 2.75) is 52.0 Å². The molecule has 1 amide bonds. The van der Waals surface area contributed by atoms with Gasteiger partial charge in [0, 0.05) is 18.7 Å². The predicted molar refractivity (Wildman–Crippen MR) is 99.8 cm³/mol. The Balaban J connectivity index is 1.60. The van der Waals surface area contributed by atoms with Crippen molar-refractivity contribution in [1.29, 1.82) is 0 Å². The molecule has 2 saturated heterocycles. The monoisotopic (exact) mass is 345 g/mol. The molecule has 1 N–H and O–H groups in total. The van der Waals surface area contributed by atoms with Gasteiger partial charge in [-0.25, -0.2) is 0 Å². The summed E-state index contributed by atoms with van der Waals surface area (Å²) in [6, 6.07) is 8.34. The topological polar surface area (TPSA) is 34.0 Å². The molecule has 2 fully saturated rings.